The molecule has 1 saturated heterocycles. The van der Waals surface area contributed by atoms with E-state index < -0.39 is 0 Å². The Morgan fingerprint density at radius 3 is 2.47 bits per heavy atom. The third-order valence-corrected chi connectivity index (χ3v) is 8.21. The first-order valence-corrected chi connectivity index (χ1v) is 15.3. The van der Waals surface area contributed by atoms with Crippen molar-refractivity contribution in [3.8, 4) is 0 Å². The molecule has 8 heteroatoms. The summed E-state index contributed by atoms with van der Waals surface area (Å²) in [5.74, 6) is 1.10. The highest BCUT2D eigenvalue weighted by Gasteiger charge is 2.53. The van der Waals surface area contributed by atoms with Crippen molar-refractivity contribution in [2.75, 3.05) is 24.5 Å². The number of benzene rings is 1. The smallest absolute Gasteiger partial charge is 0.254 e. The van der Waals surface area contributed by atoms with Gasteiger partial charge in [-0.2, -0.15) is 0 Å². The number of nitrogens with zero attached hydrogens (tertiary/aromatic N) is 4. The van der Waals surface area contributed by atoms with Crippen LogP contribution in [0.3, 0.4) is 0 Å². The Hall–Kier alpha value is -2.68. The summed E-state index contributed by atoms with van der Waals surface area (Å²) in [6.45, 7) is 15.2. The summed E-state index contributed by atoms with van der Waals surface area (Å²) in [7, 11) is 0. The largest absolute Gasteiger partial charge is 0.352 e. The minimum Gasteiger partial charge on any atom is -0.352 e. The van der Waals surface area contributed by atoms with Crippen LogP contribution in [0.5, 0.6) is 0 Å². The molecule has 1 N–H and O–H groups in total. The van der Waals surface area contributed by atoms with E-state index in [0.29, 0.717) is 6.54 Å². The molecule has 2 aromatic heterocycles. The fourth-order valence-corrected chi connectivity index (χ4v) is 5.96. The van der Waals surface area contributed by atoms with Gasteiger partial charge in [-0.1, -0.05) is 45.9 Å². The van der Waals surface area contributed by atoms with E-state index in [2.05, 4.69) is 48.1 Å². The average Bonchev–Trinajstić information content (AvgIpc) is 3.51. The Labute approximate surface area is 236 Å². The lowest BCUT2D eigenvalue weighted by Gasteiger charge is -2.43. The minimum atomic E-state index is -0.0862. The van der Waals surface area contributed by atoms with E-state index in [4.69, 9.17) is 0 Å². The van der Waals surface area contributed by atoms with Crippen LogP contribution in [0.1, 0.15) is 74.0 Å². The Morgan fingerprint density at radius 1 is 1.11 bits per heavy atom. The molecule has 1 aliphatic heterocycles. The summed E-state index contributed by atoms with van der Waals surface area (Å²) in [4.78, 5) is 29.3. The van der Waals surface area contributed by atoms with Gasteiger partial charge < -0.3 is 9.80 Å². The summed E-state index contributed by atoms with van der Waals surface area (Å²) < 4.78 is 3.39. The van der Waals surface area contributed by atoms with Gasteiger partial charge in [0.25, 0.3) is 5.91 Å². The topological polar surface area (TPSA) is 61.4 Å². The number of nitrogens with one attached hydrogen (secondary N) is 1. The molecule has 0 radical (unpaired) electrons. The van der Waals surface area contributed by atoms with Gasteiger partial charge in [-0.15, -0.1) is 11.3 Å². The Morgan fingerprint density at radius 2 is 1.84 bits per heavy atom. The lowest BCUT2D eigenvalue weighted by Crippen LogP contribution is -2.57. The van der Waals surface area contributed by atoms with E-state index in [9.17, 15) is 4.79 Å². The van der Waals surface area contributed by atoms with Crippen LogP contribution in [0.2, 0.25) is 0 Å². The highest BCUT2D eigenvalue weighted by molar-refractivity contribution is 7.97. The summed E-state index contributed by atoms with van der Waals surface area (Å²) >= 11 is 3.35. The molecular formula is C30H41N5OS2. The van der Waals surface area contributed by atoms with Gasteiger partial charge in [0.1, 0.15) is 12.1 Å². The van der Waals surface area contributed by atoms with E-state index >= 15 is 0 Å². The van der Waals surface area contributed by atoms with Crippen LogP contribution in [0.25, 0.3) is 6.08 Å². The second-order valence-electron chi connectivity index (χ2n) is 8.83. The monoisotopic (exact) mass is 551 g/mol. The standard InChI is InChI=1S/C26H29N5OS2.2C2H6/c1-3-5-23-19(2)27-18-28-24(23)30-13-14-31(26(17-30)11-12-26)25(32)20-7-9-21(10-8-20)34-29-16-22-6-4-15-33-22;2*1-2/h3-10,15,18,29H,11-14,16-17H2,1-2H3;2*1-2H3/b5-3-;;. The molecule has 1 amide bonds. The minimum absolute atomic E-state index is 0.0862. The lowest BCUT2D eigenvalue weighted by atomic mass is 10.1. The number of carbonyl (C=O) groups excluding carboxylic acids is 1. The zero-order valence-corrected chi connectivity index (χ0v) is 25.2. The third-order valence-electron chi connectivity index (χ3n) is 6.54. The Kier molecular flexibility index (Phi) is 11.4. The van der Waals surface area contributed by atoms with Crippen molar-refractivity contribution < 1.29 is 4.79 Å². The first-order chi connectivity index (χ1) is 18.6. The molecule has 1 aliphatic carbocycles. The second kappa shape index (κ2) is 14.5. The number of hydrogen-bond acceptors (Lipinski definition) is 7. The number of rotatable bonds is 7. The normalized spacial score (nSPS) is 15.5. The van der Waals surface area contributed by atoms with Gasteiger partial charge in [0.15, 0.2) is 0 Å². The highest BCUT2D eigenvalue weighted by atomic mass is 32.2. The quantitative estimate of drug-likeness (QED) is 0.313. The van der Waals surface area contributed by atoms with Crippen LogP contribution in [0.15, 0.2) is 59.1 Å². The number of anilines is 1. The van der Waals surface area contributed by atoms with E-state index in [1.807, 2.05) is 71.9 Å². The van der Waals surface area contributed by atoms with Crippen molar-refractivity contribution in [3.63, 3.8) is 0 Å². The van der Waals surface area contributed by atoms with Crippen LogP contribution < -0.4 is 9.62 Å². The van der Waals surface area contributed by atoms with Crippen LogP contribution >= 0.6 is 23.3 Å². The average molecular weight is 552 g/mol. The van der Waals surface area contributed by atoms with Crippen molar-refractivity contribution in [1.29, 1.82) is 0 Å². The van der Waals surface area contributed by atoms with E-state index in [1.165, 1.54) is 4.88 Å². The molecule has 38 heavy (non-hydrogen) atoms. The molecule has 2 fully saturated rings. The lowest BCUT2D eigenvalue weighted by molar-refractivity contribution is 0.0624. The number of aromatic nitrogens is 2. The summed E-state index contributed by atoms with van der Waals surface area (Å²) in [6.07, 6.45) is 7.83. The van der Waals surface area contributed by atoms with Gasteiger partial charge in [0, 0.05) is 47.1 Å². The van der Waals surface area contributed by atoms with E-state index in [-0.39, 0.29) is 11.4 Å². The van der Waals surface area contributed by atoms with Crippen molar-refractivity contribution in [3.05, 3.63) is 75.9 Å². The molecule has 0 unspecified atom stereocenters. The molecule has 5 rings (SSSR count). The molecule has 6 nitrogen and oxygen atoms in total. The maximum atomic E-state index is 13.5. The predicted molar refractivity (Wildman–Crippen MR) is 163 cm³/mol. The summed E-state index contributed by atoms with van der Waals surface area (Å²) in [5, 5.41) is 2.09. The number of allylic oxidation sites excluding steroid dienone is 1. The molecule has 1 aromatic carbocycles. The van der Waals surface area contributed by atoms with Gasteiger partial charge in [0.2, 0.25) is 0 Å². The number of thiophene rings is 1. The molecule has 3 aromatic rings. The second-order valence-corrected chi connectivity index (χ2v) is 10.8. The number of carbonyl (C=O) groups is 1. The van der Waals surface area contributed by atoms with E-state index in [0.717, 1.165) is 60.0 Å². The number of amides is 1. The summed E-state index contributed by atoms with van der Waals surface area (Å²) in [6, 6.07) is 12.2. The van der Waals surface area contributed by atoms with Gasteiger partial charge in [-0.3, -0.25) is 9.52 Å². The maximum Gasteiger partial charge on any atom is 0.254 e. The van der Waals surface area contributed by atoms with Crippen molar-refractivity contribution in [2.45, 2.75) is 71.4 Å². The maximum absolute atomic E-state index is 13.5. The molecule has 3 heterocycles. The third kappa shape index (κ3) is 7.04. The molecule has 1 saturated carbocycles. The zero-order valence-electron chi connectivity index (χ0n) is 23.5. The number of aryl methyl sites for hydroxylation is 1. The molecule has 2 aliphatic rings. The van der Waals surface area contributed by atoms with Crippen molar-refractivity contribution in [2.24, 2.45) is 0 Å². The molecule has 204 valence electrons. The molecular weight excluding hydrogens is 510 g/mol. The van der Waals surface area contributed by atoms with Crippen LogP contribution in [-0.4, -0.2) is 45.9 Å². The number of hydrogen-bond donors (Lipinski definition) is 1. The van der Waals surface area contributed by atoms with Crippen LogP contribution in [0.4, 0.5) is 5.82 Å². The van der Waals surface area contributed by atoms with Gasteiger partial charge in [0.05, 0.1) is 11.2 Å². The SMILES string of the molecule is C/C=C\c1c(C)ncnc1N1CCN(C(=O)c2ccc(SNCc3cccs3)cc2)C2(CC2)C1.CC.CC. The molecule has 0 bridgehead atoms. The van der Waals surface area contributed by atoms with Gasteiger partial charge in [-0.05, 0) is 74.3 Å². The van der Waals surface area contributed by atoms with Gasteiger partial charge in [-0.25, -0.2) is 9.97 Å². The van der Waals surface area contributed by atoms with Crippen LogP contribution in [0, 0.1) is 6.92 Å². The first-order valence-electron chi connectivity index (χ1n) is 13.6. The fourth-order valence-electron chi connectivity index (χ4n) is 4.56. The Balaban J connectivity index is 0.000000956. The highest BCUT2D eigenvalue weighted by Crippen LogP contribution is 2.46. The van der Waals surface area contributed by atoms with E-state index in [1.54, 1.807) is 29.6 Å². The number of piperazine rings is 1. The first kappa shape index (κ1) is 29.9. The van der Waals surface area contributed by atoms with Gasteiger partial charge >= 0.3 is 0 Å². The predicted octanol–water partition coefficient (Wildman–Crippen LogP) is 7.22. The van der Waals surface area contributed by atoms with Crippen LogP contribution in [-0.2, 0) is 6.54 Å². The van der Waals surface area contributed by atoms with Crippen molar-refractivity contribution >= 4 is 41.1 Å². The Bertz CT molecular complexity index is 1170. The molecule has 1 spiro atoms. The molecule has 0 atom stereocenters. The zero-order chi connectivity index (χ0) is 27.5. The summed E-state index contributed by atoms with van der Waals surface area (Å²) in [5.41, 5.74) is 2.72. The van der Waals surface area contributed by atoms with Crippen molar-refractivity contribution in [1.82, 2.24) is 19.6 Å². The fraction of sp³-hybridized carbons (Fsp3) is 0.433.